The van der Waals surface area contributed by atoms with Gasteiger partial charge in [-0.1, -0.05) is 18.0 Å². The maximum absolute atomic E-state index is 13.4. The molecular weight excluding hydrogens is 418 g/mol. The number of imidazole rings is 1. The monoisotopic (exact) mass is 445 g/mol. The molecular formula is C21H28ClN7O2. The van der Waals surface area contributed by atoms with Gasteiger partial charge in [0, 0.05) is 30.4 Å². The fourth-order valence-corrected chi connectivity index (χ4v) is 4.61. The lowest BCUT2D eigenvalue weighted by atomic mass is 10.1. The molecule has 0 aromatic carbocycles. The van der Waals surface area contributed by atoms with E-state index >= 15 is 0 Å². The first-order valence-electron chi connectivity index (χ1n) is 10.5. The highest BCUT2D eigenvalue weighted by Gasteiger charge is 2.22. The summed E-state index contributed by atoms with van der Waals surface area (Å²) >= 11 is 6.42. The fraction of sp³-hybridized carbons (Fsp3) is 0.524. The summed E-state index contributed by atoms with van der Waals surface area (Å²) in [6, 6.07) is 0. The van der Waals surface area contributed by atoms with Crippen LogP contribution in [0.25, 0.3) is 11.2 Å². The van der Waals surface area contributed by atoms with Crippen molar-refractivity contribution in [2.45, 2.75) is 46.2 Å². The van der Waals surface area contributed by atoms with Crippen LogP contribution in [0.1, 0.15) is 36.1 Å². The van der Waals surface area contributed by atoms with E-state index in [4.69, 9.17) is 22.1 Å². The minimum absolute atomic E-state index is 0.0330. The molecule has 4 rings (SSSR count). The lowest BCUT2D eigenvalue weighted by Crippen LogP contribution is -2.35. The summed E-state index contributed by atoms with van der Waals surface area (Å²) in [5.74, 6) is 0.796. The Bertz CT molecular complexity index is 1160. The van der Waals surface area contributed by atoms with Gasteiger partial charge in [-0.05, 0) is 39.8 Å². The molecule has 0 saturated carbocycles. The number of methoxy groups -OCH3 is 1. The van der Waals surface area contributed by atoms with E-state index in [2.05, 4.69) is 19.9 Å². The van der Waals surface area contributed by atoms with Gasteiger partial charge in [-0.2, -0.15) is 9.97 Å². The number of pyridine rings is 1. The highest BCUT2D eigenvalue weighted by molar-refractivity contribution is 6.33. The van der Waals surface area contributed by atoms with Crippen LogP contribution in [0.15, 0.2) is 11.0 Å². The van der Waals surface area contributed by atoms with E-state index in [1.165, 1.54) is 19.3 Å². The first-order valence-corrected chi connectivity index (χ1v) is 10.9. The Morgan fingerprint density at radius 1 is 1.13 bits per heavy atom. The molecule has 4 heterocycles. The van der Waals surface area contributed by atoms with Gasteiger partial charge in [0.05, 0.1) is 19.3 Å². The van der Waals surface area contributed by atoms with Crippen molar-refractivity contribution in [2.75, 3.05) is 32.5 Å². The van der Waals surface area contributed by atoms with Crippen molar-refractivity contribution in [3.05, 3.63) is 38.7 Å². The molecule has 166 valence electrons. The van der Waals surface area contributed by atoms with Crippen LogP contribution in [0.2, 0.25) is 5.15 Å². The van der Waals surface area contributed by atoms with Crippen molar-refractivity contribution in [2.24, 2.45) is 0 Å². The van der Waals surface area contributed by atoms with E-state index in [0.29, 0.717) is 17.7 Å². The number of rotatable bonds is 6. The van der Waals surface area contributed by atoms with Crippen molar-refractivity contribution in [1.82, 2.24) is 29.0 Å². The van der Waals surface area contributed by atoms with Gasteiger partial charge in [0.1, 0.15) is 11.3 Å². The third-order valence-electron chi connectivity index (χ3n) is 5.97. The quantitative estimate of drug-likeness (QED) is 0.581. The number of nitrogen functional groups attached to an aromatic ring is 1. The van der Waals surface area contributed by atoms with Crippen molar-refractivity contribution >= 4 is 28.7 Å². The topological polar surface area (TPSA) is 104 Å². The third-order valence-corrected chi connectivity index (χ3v) is 6.24. The van der Waals surface area contributed by atoms with Gasteiger partial charge in [0.2, 0.25) is 5.95 Å². The van der Waals surface area contributed by atoms with Crippen molar-refractivity contribution in [1.29, 1.82) is 0 Å². The van der Waals surface area contributed by atoms with E-state index < -0.39 is 0 Å². The zero-order valence-corrected chi connectivity index (χ0v) is 18.9. The van der Waals surface area contributed by atoms with Gasteiger partial charge in [-0.15, -0.1) is 0 Å². The van der Waals surface area contributed by atoms with Crippen LogP contribution >= 0.6 is 11.6 Å². The summed E-state index contributed by atoms with van der Waals surface area (Å²) in [6.07, 6.45) is 5.40. The van der Waals surface area contributed by atoms with Crippen LogP contribution in [-0.2, 0) is 13.1 Å². The molecule has 31 heavy (non-hydrogen) atoms. The molecule has 0 amide bonds. The molecule has 0 bridgehead atoms. The van der Waals surface area contributed by atoms with E-state index in [1.54, 1.807) is 22.4 Å². The number of ether oxygens (including phenoxy) is 1. The maximum atomic E-state index is 13.4. The number of halogens is 1. The third kappa shape index (κ3) is 4.12. The van der Waals surface area contributed by atoms with Crippen LogP contribution in [0, 0.1) is 13.8 Å². The number of piperidine rings is 1. The fourth-order valence-electron chi connectivity index (χ4n) is 4.34. The average molecular weight is 446 g/mol. The van der Waals surface area contributed by atoms with Gasteiger partial charge in [-0.3, -0.25) is 14.1 Å². The SMILES string of the molecule is COc1c(C)cnc(Cn2c(=O)n(CCN3CCCCC3)c3c(Cl)nc(N)nc32)c1C. The van der Waals surface area contributed by atoms with Crippen LogP contribution in [-0.4, -0.2) is 55.7 Å². The van der Waals surface area contributed by atoms with Crippen LogP contribution in [0.5, 0.6) is 5.75 Å². The predicted molar refractivity (Wildman–Crippen MR) is 121 cm³/mol. The zero-order valence-electron chi connectivity index (χ0n) is 18.2. The summed E-state index contributed by atoms with van der Waals surface area (Å²) in [6.45, 7) is 7.50. The van der Waals surface area contributed by atoms with Crippen molar-refractivity contribution in [3.63, 3.8) is 0 Å². The lowest BCUT2D eigenvalue weighted by molar-refractivity contribution is 0.220. The Hall–Kier alpha value is -2.65. The molecule has 0 radical (unpaired) electrons. The van der Waals surface area contributed by atoms with Crippen LogP contribution in [0.3, 0.4) is 0 Å². The molecule has 1 aliphatic rings. The minimum Gasteiger partial charge on any atom is -0.496 e. The number of hydrogen-bond donors (Lipinski definition) is 1. The van der Waals surface area contributed by atoms with Crippen LogP contribution < -0.4 is 16.2 Å². The second kappa shape index (κ2) is 8.84. The number of hydrogen-bond acceptors (Lipinski definition) is 7. The largest absolute Gasteiger partial charge is 0.496 e. The molecule has 0 spiro atoms. The number of likely N-dealkylation sites (tertiary alicyclic amines) is 1. The van der Waals surface area contributed by atoms with Crippen LogP contribution in [0.4, 0.5) is 5.95 Å². The number of anilines is 1. The number of fused-ring (bicyclic) bond motifs is 1. The predicted octanol–water partition coefficient (Wildman–Crippen LogP) is 2.38. The maximum Gasteiger partial charge on any atom is 0.330 e. The summed E-state index contributed by atoms with van der Waals surface area (Å²) in [5, 5.41) is 0.183. The van der Waals surface area contributed by atoms with E-state index in [0.717, 1.165) is 42.2 Å². The molecule has 0 aliphatic carbocycles. The van der Waals surface area contributed by atoms with Gasteiger partial charge in [0.25, 0.3) is 0 Å². The normalized spacial score (nSPS) is 15.0. The highest BCUT2D eigenvalue weighted by Crippen LogP contribution is 2.26. The number of nitrogens with two attached hydrogens (primary N) is 1. The smallest absolute Gasteiger partial charge is 0.330 e. The number of aromatic nitrogens is 5. The standard InChI is InChI=1S/C21H28ClN7O2/c1-13-11-24-15(14(2)17(13)31-3)12-29-19-16(18(22)25-20(23)26-19)28(21(29)30)10-9-27-7-5-4-6-8-27/h11H,4-10,12H2,1-3H3,(H2,23,25,26). The number of aryl methyl sites for hydroxylation is 1. The molecule has 1 saturated heterocycles. The summed E-state index contributed by atoms with van der Waals surface area (Å²) in [4.78, 5) is 28.8. The molecule has 0 atom stereocenters. The van der Waals surface area contributed by atoms with Gasteiger partial charge < -0.3 is 15.4 Å². The first-order chi connectivity index (χ1) is 14.9. The van der Waals surface area contributed by atoms with E-state index in [-0.39, 0.29) is 23.3 Å². The summed E-state index contributed by atoms with van der Waals surface area (Å²) in [7, 11) is 1.63. The molecule has 2 N–H and O–H groups in total. The second-order valence-corrected chi connectivity index (χ2v) is 8.37. The highest BCUT2D eigenvalue weighted by atomic mass is 35.5. The number of nitrogens with zero attached hydrogens (tertiary/aromatic N) is 6. The zero-order chi connectivity index (χ0) is 22.1. The van der Waals surface area contributed by atoms with Crippen molar-refractivity contribution in [3.8, 4) is 5.75 Å². The molecule has 9 nitrogen and oxygen atoms in total. The van der Waals surface area contributed by atoms with Gasteiger partial charge in [-0.25, -0.2) is 4.79 Å². The first kappa shape index (κ1) is 21.6. The summed E-state index contributed by atoms with van der Waals surface area (Å²) < 4.78 is 8.74. The lowest BCUT2D eigenvalue weighted by Gasteiger charge is -2.26. The van der Waals surface area contributed by atoms with E-state index in [1.807, 2.05) is 13.8 Å². The Labute approximate surface area is 185 Å². The summed E-state index contributed by atoms with van der Waals surface area (Å²) in [5.41, 5.74) is 9.14. The van der Waals surface area contributed by atoms with Gasteiger partial charge in [0.15, 0.2) is 10.8 Å². The minimum atomic E-state index is -0.199. The molecule has 10 heteroatoms. The Morgan fingerprint density at radius 2 is 1.87 bits per heavy atom. The van der Waals surface area contributed by atoms with Gasteiger partial charge >= 0.3 is 5.69 Å². The molecule has 1 aliphatic heterocycles. The Balaban J connectivity index is 1.77. The second-order valence-electron chi connectivity index (χ2n) is 8.01. The van der Waals surface area contributed by atoms with E-state index in [9.17, 15) is 4.79 Å². The molecule has 3 aromatic rings. The van der Waals surface area contributed by atoms with Crippen molar-refractivity contribution < 1.29 is 4.74 Å². The molecule has 3 aromatic heterocycles. The molecule has 1 fully saturated rings. The Kier molecular flexibility index (Phi) is 6.15. The molecule has 0 unspecified atom stereocenters. The Morgan fingerprint density at radius 3 is 2.58 bits per heavy atom. The average Bonchev–Trinajstić information content (AvgIpc) is 3.01.